The zero-order valence-corrected chi connectivity index (χ0v) is 44.3. The summed E-state index contributed by atoms with van der Waals surface area (Å²) in [6.07, 6.45) is 15.2. The standard InChI is InChI=1S/C52H85N7O17.H2/c1-36(60)37(31-44(62)41(53)32-39-33-54-35-57-39)16-14-15-25-55-45(63)23-20-43(52(73)74)59-48(66)22-19-38(50(69)70)30-40(61)34-76-29-28-75-27-26-56-46(64)24-21-42(51(71)72)58-47(65)17-12-10-8-6-4-2-3-5-7-9-11-13-18-49(67)68;/h33,35,37-38,41-43H,2-32,34,53H2,1H3,(H,54,57)(H,55,63)(H,56,64)(H,58,65)(H,59,66)(H,67,68)(H,69,70)(H,71,72)(H,73,74);1H/t37-,38-,41+,42+,43+;/m1./s1. The average Bonchev–Trinajstić information content (AvgIpc) is 3.88. The number of nitrogens with two attached hydrogens (primary N) is 1. The number of hydrogen-bond acceptors (Lipinski definition) is 15. The Morgan fingerprint density at radius 1 is 0.566 bits per heavy atom. The third-order valence-electron chi connectivity index (χ3n) is 12.6. The Kier molecular flexibility index (Phi) is 37.5. The van der Waals surface area contributed by atoms with Crippen LogP contribution in [0.25, 0.3) is 0 Å². The number of hydrogen-bond donors (Lipinski definition) is 10. The van der Waals surface area contributed by atoms with Crippen LogP contribution in [0.2, 0.25) is 0 Å². The number of nitrogens with one attached hydrogen (secondary N) is 5. The second kappa shape index (κ2) is 42.0. The second-order valence-electron chi connectivity index (χ2n) is 19.2. The SMILES string of the molecule is CC(=O)[C@H](CCCCNC(=O)CC[C@H](NC(=O)CC[C@H](CC(=O)COCCOCCNC(=O)CC[C@H](NC(=O)CCCCCCCCCCCCCCC(=O)O)C(=O)O)C(=O)O)C(=O)O)CC(=O)[C@@H](N)Cc1cnc[nH]1.[HH]. The molecule has 1 aromatic heterocycles. The summed E-state index contributed by atoms with van der Waals surface area (Å²) in [6, 6.07) is -3.43. The van der Waals surface area contributed by atoms with Crippen molar-refractivity contribution in [1.29, 1.82) is 0 Å². The van der Waals surface area contributed by atoms with E-state index in [2.05, 4.69) is 31.2 Å². The normalized spacial score (nSPS) is 13.1. The Morgan fingerprint density at radius 2 is 1.08 bits per heavy atom. The number of ketones is 3. The highest BCUT2D eigenvalue weighted by Gasteiger charge is 2.26. The van der Waals surface area contributed by atoms with Crippen molar-refractivity contribution < 1.29 is 84.1 Å². The number of aromatic nitrogens is 2. The van der Waals surface area contributed by atoms with Crippen LogP contribution in [0.15, 0.2) is 12.5 Å². The Labute approximate surface area is 446 Å². The number of unbranched alkanes of at least 4 members (excludes halogenated alkanes) is 12. The largest absolute Gasteiger partial charge is 0.481 e. The van der Waals surface area contributed by atoms with Gasteiger partial charge in [-0.05, 0) is 51.9 Å². The second-order valence-corrected chi connectivity index (χ2v) is 19.2. The molecule has 76 heavy (non-hydrogen) atoms. The van der Waals surface area contributed by atoms with Gasteiger partial charge in [0, 0.05) is 83.7 Å². The van der Waals surface area contributed by atoms with Gasteiger partial charge in [-0.1, -0.05) is 70.6 Å². The topological polar surface area (TPSA) is 390 Å². The monoisotopic (exact) mass is 1080 g/mol. The van der Waals surface area contributed by atoms with E-state index in [1.165, 1.54) is 13.3 Å². The number of rotatable bonds is 50. The van der Waals surface area contributed by atoms with Gasteiger partial charge >= 0.3 is 23.9 Å². The maximum Gasteiger partial charge on any atom is 0.326 e. The summed E-state index contributed by atoms with van der Waals surface area (Å²) in [7, 11) is 0. The van der Waals surface area contributed by atoms with Crippen molar-refractivity contribution >= 4 is 64.9 Å². The molecule has 0 bridgehead atoms. The van der Waals surface area contributed by atoms with E-state index in [0.29, 0.717) is 31.4 Å². The van der Waals surface area contributed by atoms with Gasteiger partial charge in [-0.2, -0.15) is 0 Å². The molecule has 1 aromatic rings. The van der Waals surface area contributed by atoms with Gasteiger partial charge in [0.15, 0.2) is 11.6 Å². The Bertz CT molecular complexity index is 1940. The molecule has 24 nitrogen and oxygen atoms in total. The first-order valence-electron chi connectivity index (χ1n) is 26.7. The fraction of sp³-hybridized carbons (Fsp3) is 0.731. The molecule has 1 heterocycles. The molecule has 0 saturated carbocycles. The molecule has 0 spiro atoms. The number of aliphatic carboxylic acids is 4. The van der Waals surface area contributed by atoms with E-state index in [1.807, 2.05) is 0 Å². The van der Waals surface area contributed by atoms with Crippen molar-refractivity contribution in [2.75, 3.05) is 39.5 Å². The minimum Gasteiger partial charge on any atom is -0.481 e. The minimum absolute atomic E-state index is 0. The number of aromatic amines is 1. The summed E-state index contributed by atoms with van der Waals surface area (Å²) in [6.45, 7) is 1.36. The number of carboxylic acid groups (broad SMARTS) is 4. The number of carboxylic acids is 4. The van der Waals surface area contributed by atoms with Crippen LogP contribution >= 0.6 is 0 Å². The minimum atomic E-state index is -1.44. The maximum atomic E-state index is 12.6. The van der Waals surface area contributed by atoms with Gasteiger partial charge in [0.2, 0.25) is 23.6 Å². The quantitative estimate of drug-likeness (QED) is 0.0415. The predicted molar refractivity (Wildman–Crippen MR) is 278 cm³/mol. The zero-order chi connectivity index (χ0) is 56.5. The van der Waals surface area contributed by atoms with Crippen LogP contribution in [0.4, 0.5) is 0 Å². The highest BCUT2D eigenvalue weighted by molar-refractivity contribution is 5.90. The van der Waals surface area contributed by atoms with Gasteiger partial charge in [-0.3, -0.25) is 43.2 Å². The molecule has 0 unspecified atom stereocenters. The van der Waals surface area contributed by atoms with Crippen LogP contribution in [0.5, 0.6) is 0 Å². The number of imidazole rings is 1. The molecular weight excluding hydrogens is 995 g/mol. The van der Waals surface area contributed by atoms with Crippen LogP contribution in [-0.2, 0) is 68.6 Å². The molecular formula is C52H87N7O17. The lowest BCUT2D eigenvalue weighted by atomic mass is 9.90. The first-order chi connectivity index (χ1) is 36.3. The Hall–Kier alpha value is -6.14. The van der Waals surface area contributed by atoms with E-state index >= 15 is 0 Å². The fourth-order valence-corrected chi connectivity index (χ4v) is 8.06. The summed E-state index contributed by atoms with van der Waals surface area (Å²) in [5.41, 5.74) is 6.72. The van der Waals surface area contributed by atoms with Crippen molar-refractivity contribution in [3.05, 3.63) is 18.2 Å². The summed E-state index contributed by atoms with van der Waals surface area (Å²) in [5, 5.41) is 47.5. The number of amides is 4. The summed E-state index contributed by atoms with van der Waals surface area (Å²) < 4.78 is 10.6. The maximum absolute atomic E-state index is 12.6. The first kappa shape index (κ1) is 67.9. The summed E-state index contributed by atoms with van der Waals surface area (Å²) in [5.74, 6) is -9.53. The lowest BCUT2D eigenvalue weighted by molar-refractivity contribution is -0.145. The molecule has 0 radical (unpaired) electrons. The molecule has 0 saturated heterocycles. The molecule has 24 heteroatoms. The molecule has 1 rings (SSSR count). The van der Waals surface area contributed by atoms with Gasteiger partial charge in [0.1, 0.15) is 24.5 Å². The van der Waals surface area contributed by atoms with Gasteiger partial charge in [-0.15, -0.1) is 0 Å². The molecule has 0 aromatic carbocycles. The van der Waals surface area contributed by atoms with Crippen molar-refractivity contribution in [1.82, 2.24) is 31.2 Å². The first-order valence-corrected chi connectivity index (χ1v) is 26.7. The van der Waals surface area contributed by atoms with E-state index in [4.69, 9.17) is 20.3 Å². The fourth-order valence-electron chi connectivity index (χ4n) is 8.06. The molecule has 0 aliphatic heterocycles. The van der Waals surface area contributed by atoms with Crippen molar-refractivity contribution in [2.45, 2.75) is 192 Å². The number of ether oxygens (including phenoxy) is 2. The molecule has 0 fully saturated rings. The van der Waals surface area contributed by atoms with E-state index in [1.54, 1.807) is 6.20 Å². The Morgan fingerprint density at radius 3 is 1.59 bits per heavy atom. The lowest BCUT2D eigenvalue weighted by Gasteiger charge is -2.17. The highest BCUT2D eigenvalue weighted by atomic mass is 16.5. The molecule has 5 atom stereocenters. The predicted octanol–water partition coefficient (Wildman–Crippen LogP) is 3.81. The molecule has 0 aliphatic rings. The molecule has 4 amide bonds. The van der Waals surface area contributed by atoms with Crippen molar-refractivity contribution in [3.8, 4) is 0 Å². The van der Waals surface area contributed by atoms with Gasteiger partial charge < -0.3 is 61.9 Å². The molecule has 0 aliphatic carbocycles. The zero-order valence-electron chi connectivity index (χ0n) is 44.3. The third-order valence-corrected chi connectivity index (χ3v) is 12.6. The number of carbonyl (C=O) groups excluding carboxylic acids is 7. The number of Topliss-reactive ketones (excluding diaryl/α,β-unsaturated/α-hetero) is 3. The molecule has 432 valence electrons. The van der Waals surface area contributed by atoms with Crippen LogP contribution in [-0.4, -0.2) is 153 Å². The third kappa shape index (κ3) is 35.9. The highest BCUT2D eigenvalue weighted by Crippen LogP contribution is 2.18. The van der Waals surface area contributed by atoms with Gasteiger partial charge in [0.25, 0.3) is 0 Å². The summed E-state index contributed by atoms with van der Waals surface area (Å²) >= 11 is 0. The van der Waals surface area contributed by atoms with Crippen LogP contribution in [0.1, 0.15) is 175 Å². The van der Waals surface area contributed by atoms with Crippen LogP contribution in [0.3, 0.4) is 0 Å². The number of carbonyl (C=O) groups is 11. The lowest BCUT2D eigenvalue weighted by Crippen LogP contribution is -2.42. The van der Waals surface area contributed by atoms with Crippen molar-refractivity contribution in [2.24, 2.45) is 17.6 Å². The van der Waals surface area contributed by atoms with Crippen molar-refractivity contribution in [3.63, 3.8) is 0 Å². The van der Waals surface area contributed by atoms with E-state index in [9.17, 15) is 68.1 Å². The van der Waals surface area contributed by atoms with Gasteiger partial charge in [0.05, 0.1) is 38.1 Å². The van der Waals surface area contributed by atoms with E-state index in [0.717, 1.165) is 70.6 Å². The smallest absolute Gasteiger partial charge is 0.326 e. The average molecular weight is 1080 g/mol. The molecule has 11 N–H and O–H groups in total. The Balaban J connectivity index is 0.0000578. The summed E-state index contributed by atoms with van der Waals surface area (Å²) in [4.78, 5) is 140. The van der Waals surface area contributed by atoms with E-state index < -0.39 is 96.8 Å². The van der Waals surface area contributed by atoms with Gasteiger partial charge in [-0.25, -0.2) is 14.6 Å². The number of H-pyrrole nitrogens is 1. The van der Waals surface area contributed by atoms with Crippen LogP contribution < -0.4 is 27.0 Å². The van der Waals surface area contributed by atoms with E-state index in [-0.39, 0.29) is 110 Å². The van der Waals surface area contributed by atoms with Crippen LogP contribution in [0, 0.1) is 11.8 Å². The number of nitrogens with zero attached hydrogens (tertiary/aromatic N) is 1.